The number of esters is 1. The fourth-order valence-electron chi connectivity index (χ4n) is 3.85. The SMILES string of the molecule is CC(C)C(NC(=O)c1cccc(S(=O)(=O)N2CCOCC2)c1)C(=O)OCC(=O)Nc1ccc2c(c1)OCO2. The van der Waals surface area contributed by atoms with Crippen LogP contribution in [0.15, 0.2) is 47.4 Å². The first-order valence-electron chi connectivity index (χ1n) is 12.0. The molecule has 1 atom stereocenters. The maximum atomic E-state index is 12.9. The number of nitrogens with zero attached hydrogens (tertiary/aromatic N) is 1. The van der Waals surface area contributed by atoms with Gasteiger partial charge in [0.25, 0.3) is 11.8 Å². The summed E-state index contributed by atoms with van der Waals surface area (Å²) in [7, 11) is -3.80. The average molecular weight is 548 g/mol. The van der Waals surface area contributed by atoms with Crippen LogP contribution >= 0.6 is 0 Å². The normalized spacial score (nSPS) is 16.1. The minimum atomic E-state index is -3.80. The number of ether oxygens (including phenoxy) is 4. The Balaban J connectivity index is 1.35. The van der Waals surface area contributed by atoms with Crippen LogP contribution in [0.1, 0.15) is 24.2 Å². The molecule has 1 fully saturated rings. The fraction of sp³-hybridized carbons (Fsp3) is 0.400. The molecule has 2 aliphatic rings. The molecular weight excluding hydrogens is 518 g/mol. The zero-order valence-electron chi connectivity index (χ0n) is 21.0. The van der Waals surface area contributed by atoms with E-state index in [1.807, 2.05) is 0 Å². The molecule has 0 bridgehead atoms. The highest BCUT2D eigenvalue weighted by atomic mass is 32.2. The molecule has 0 spiro atoms. The summed E-state index contributed by atoms with van der Waals surface area (Å²) < 4.78 is 48.1. The Morgan fingerprint density at radius 2 is 1.76 bits per heavy atom. The van der Waals surface area contributed by atoms with Gasteiger partial charge in [0.05, 0.1) is 18.1 Å². The van der Waals surface area contributed by atoms with Gasteiger partial charge in [0.1, 0.15) is 6.04 Å². The third-order valence-electron chi connectivity index (χ3n) is 5.91. The molecule has 4 rings (SSSR count). The van der Waals surface area contributed by atoms with E-state index in [1.165, 1.54) is 28.6 Å². The van der Waals surface area contributed by atoms with Crippen molar-refractivity contribution in [3.05, 3.63) is 48.0 Å². The van der Waals surface area contributed by atoms with E-state index in [0.29, 0.717) is 30.4 Å². The Hall–Kier alpha value is -3.68. The third kappa shape index (κ3) is 6.41. The molecule has 0 saturated carbocycles. The number of rotatable bonds is 9. The van der Waals surface area contributed by atoms with Gasteiger partial charge in [-0.15, -0.1) is 0 Å². The smallest absolute Gasteiger partial charge is 0.329 e. The first-order valence-corrected chi connectivity index (χ1v) is 13.4. The molecule has 2 aliphatic heterocycles. The van der Waals surface area contributed by atoms with Crippen molar-refractivity contribution in [1.29, 1.82) is 0 Å². The number of hydrogen-bond donors (Lipinski definition) is 2. The van der Waals surface area contributed by atoms with Crippen LogP contribution in [0.4, 0.5) is 5.69 Å². The topological polar surface area (TPSA) is 150 Å². The molecule has 2 aromatic carbocycles. The molecule has 2 amide bonds. The highest BCUT2D eigenvalue weighted by molar-refractivity contribution is 7.89. The number of benzene rings is 2. The number of carbonyl (C=O) groups is 3. The van der Waals surface area contributed by atoms with Crippen LogP contribution < -0.4 is 20.1 Å². The zero-order chi connectivity index (χ0) is 27.3. The van der Waals surface area contributed by atoms with Crippen molar-refractivity contribution in [2.24, 2.45) is 5.92 Å². The van der Waals surface area contributed by atoms with Crippen LogP contribution in [-0.4, -0.2) is 76.3 Å². The molecule has 1 unspecified atom stereocenters. The van der Waals surface area contributed by atoms with Crippen molar-refractivity contribution < 1.29 is 41.7 Å². The predicted octanol–water partition coefficient (Wildman–Crippen LogP) is 1.37. The van der Waals surface area contributed by atoms with Crippen molar-refractivity contribution in [1.82, 2.24) is 9.62 Å². The number of sulfonamides is 1. The third-order valence-corrected chi connectivity index (χ3v) is 7.81. The molecule has 0 radical (unpaired) electrons. The Labute approximate surface area is 220 Å². The van der Waals surface area contributed by atoms with Crippen molar-refractivity contribution in [3.8, 4) is 11.5 Å². The van der Waals surface area contributed by atoms with Crippen molar-refractivity contribution in [2.75, 3.05) is 45.0 Å². The molecule has 0 aliphatic carbocycles. The van der Waals surface area contributed by atoms with Crippen molar-refractivity contribution >= 4 is 33.5 Å². The molecule has 2 aromatic rings. The Morgan fingerprint density at radius 3 is 2.50 bits per heavy atom. The van der Waals surface area contributed by atoms with Gasteiger partial charge < -0.3 is 29.6 Å². The van der Waals surface area contributed by atoms with Gasteiger partial charge >= 0.3 is 5.97 Å². The number of anilines is 1. The van der Waals surface area contributed by atoms with Gasteiger partial charge in [-0.1, -0.05) is 19.9 Å². The first kappa shape index (κ1) is 27.4. The van der Waals surface area contributed by atoms with E-state index in [2.05, 4.69) is 10.6 Å². The lowest BCUT2D eigenvalue weighted by Crippen LogP contribution is -2.46. The van der Waals surface area contributed by atoms with Crippen LogP contribution in [-0.2, 0) is 29.1 Å². The van der Waals surface area contributed by atoms with E-state index >= 15 is 0 Å². The van der Waals surface area contributed by atoms with Crippen LogP contribution in [0.5, 0.6) is 11.5 Å². The maximum absolute atomic E-state index is 12.9. The minimum absolute atomic E-state index is 0.0316. The highest BCUT2D eigenvalue weighted by Crippen LogP contribution is 2.34. The summed E-state index contributed by atoms with van der Waals surface area (Å²) in [6.07, 6.45) is 0. The molecule has 2 N–H and O–H groups in total. The Morgan fingerprint density at radius 1 is 1.03 bits per heavy atom. The van der Waals surface area contributed by atoms with Gasteiger partial charge in [-0.05, 0) is 36.2 Å². The maximum Gasteiger partial charge on any atom is 0.329 e. The molecule has 1 saturated heterocycles. The molecule has 13 heteroatoms. The molecule has 2 heterocycles. The summed E-state index contributed by atoms with van der Waals surface area (Å²) in [5.74, 6) is -1.34. The first-order chi connectivity index (χ1) is 18.1. The lowest BCUT2D eigenvalue weighted by Gasteiger charge is -2.26. The quantitative estimate of drug-likeness (QED) is 0.444. The number of amides is 2. The summed E-state index contributed by atoms with van der Waals surface area (Å²) >= 11 is 0. The van der Waals surface area contributed by atoms with Crippen LogP contribution in [0, 0.1) is 5.92 Å². The van der Waals surface area contributed by atoms with Gasteiger partial charge in [0.2, 0.25) is 16.8 Å². The summed E-state index contributed by atoms with van der Waals surface area (Å²) in [5, 5.41) is 5.19. The Bertz CT molecular complexity index is 1310. The van der Waals surface area contributed by atoms with Gasteiger partial charge in [0, 0.05) is 30.4 Å². The standard InChI is InChI=1S/C25H29N3O9S/c1-16(2)23(25(31)35-14-22(29)26-18-6-7-20-21(13-18)37-15-36-20)27-24(30)17-4-3-5-19(12-17)38(32,33)28-8-10-34-11-9-28/h3-7,12-13,16,23H,8-11,14-15H2,1-2H3,(H,26,29)(H,27,30). The van der Waals surface area contributed by atoms with E-state index in [4.69, 9.17) is 18.9 Å². The van der Waals surface area contributed by atoms with Crippen molar-refractivity contribution in [2.45, 2.75) is 24.8 Å². The molecule has 0 aromatic heterocycles. The average Bonchev–Trinajstić information content (AvgIpc) is 3.38. The Kier molecular flexibility index (Phi) is 8.49. The van der Waals surface area contributed by atoms with Gasteiger partial charge in [0.15, 0.2) is 18.1 Å². The van der Waals surface area contributed by atoms with Gasteiger partial charge in [-0.25, -0.2) is 13.2 Å². The summed E-state index contributed by atoms with van der Waals surface area (Å²) in [6.45, 7) is 3.99. The summed E-state index contributed by atoms with van der Waals surface area (Å²) in [4.78, 5) is 37.9. The number of carbonyl (C=O) groups excluding carboxylic acids is 3. The molecule has 204 valence electrons. The minimum Gasteiger partial charge on any atom is -0.454 e. The second-order valence-electron chi connectivity index (χ2n) is 8.96. The van der Waals surface area contributed by atoms with Gasteiger partial charge in [-0.3, -0.25) is 9.59 Å². The molecule has 38 heavy (non-hydrogen) atoms. The predicted molar refractivity (Wildman–Crippen MR) is 134 cm³/mol. The fourth-order valence-corrected chi connectivity index (χ4v) is 5.31. The lowest BCUT2D eigenvalue weighted by molar-refractivity contribution is -0.150. The van der Waals surface area contributed by atoms with E-state index in [0.717, 1.165) is 0 Å². The highest BCUT2D eigenvalue weighted by Gasteiger charge is 2.29. The number of nitrogens with one attached hydrogen (secondary N) is 2. The second-order valence-corrected chi connectivity index (χ2v) is 10.9. The number of hydrogen-bond acceptors (Lipinski definition) is 9. The van der Waals surface area contributed by atoms with Crippen LogP contribution in [0.2, 0.25) is 0 Å². The van der Waals surface area contributed by atoms with E-state index < -0.39 is 40.5 Å². The summed E-state index contributed by atoms with van der Waals surface area (Å²) in [5.41, 5.74) is 0.509. The molecule has 12 nitrogen and oxygen atoms in total. The van der Waals surface area contributed by atoms with Crippen LogP contribution in [0.3, 0.4) is 0 Å². The lowest BCUT2D eigenvalue weighted by atomic mass is 10.0. The summed E-state index contributed by atoms with van der Waals surface area (Å²) in [6, 6.07) is 9.39. The number of fused-ring (bicyclic) bond motifs is 1. The van der Waals surface area contributed by atoms with Crippen LogP contribution in [0.25, 0.3) is 0 Å². The zero-order valence-corrected chi connectivity index (χ0v) is 21.8. The van der Waals surface area contributed by atoms with E-state index in [9.17, 15) is 22.8 Å². The monoisotopic (exact) mass is 547 g/mol. The van der Waals surface area contributed by atoms with E-state index in [-0.39, 0.29) is 36.3 Å². The largest absolute Gasteiger partial charge is 0.454 e. The second kappa shape index (κ2) is 11.8. The van der Waals surface area contributed by atoms with Gasteiger partial charge in [-0.2, -0.15) is 4.31 Å². The molecular formula is C25H29N3O9S. The van der Waals surface area contributed by atoms with Crippen molar-refractivity contribution in [3.63, 3.8) is 0 Å². The number of morpholine rings is 1. The van der Waals surface area contributed by atoms with E-state index in [1.54, 1.807) is 32.0 Å².